The van der Waals surface area contributed by atoms with Crippen LogP contribution < -0.4 is 0 Å². The van der Waals surface area contributed by atoms with Crippen molar-refractivity contribution in [2.45, 2.75) is 6.92 Å². The monoisotopic (exact) mass is 208 g/mol. The van der Waals surface area contributed by atoms with E-state index in [0.29, 0.717) is 5.56 Å². The number of rotatable bonds is 3. The molecule has 3 heteroatoms. The molecule has 0 amide bonds. The summed E-state index contributed by atoms with van der Waals surface area (Å²) in [4.78, 5) is 0.0903. The van der Waals surface area contributed by atoms with Gasteiger partial charge in [0, 0.05) is 5.41 Å². The summed E-state index contributed by atoms with van der Waals surface area (Å²) < 4.78 is 22.7. The van der Waals surface area contributed by atoms with Crippen LogP contribution >= 0.6 is 0 Å². The second-order valence-corrected chi connectivity index (χ2v) is 4.92. The second kappa shape index (κ2) is 3.80. The van der Waals surface area contributed by atoms with E-state index in [1.165, 1.54) is 0 Å². The summed E-state index contributed by atoms with van der Waals surface area (Å²) in [6, 6.07) is 7.16. The van der Waals surface area contributed by atoms with E-state index in [9.17, 15) is 8.42 Å². The van der Waals surface area contributed by atoms with Crippen LogP contribution in [0.15, 0.2) is 42.8 Å². The van der Waals surface area contributed by atoms with Crippen molar-refractivity contribution in [3.8, 4) is 0 Å². The standard InChI is InChI=1S/C11H12O2S/c1-4-14(12,13)10(3)11-7-5-9(2)6-8-11/h4-8H,1,3H2,2H3. The highest BCUT2D eigenvalue weighted by Gasteiger charge is 2.12. The summed E-state index contributed by atoms with van der Waals surface area (Å²) in [5, 5.41) is 0.912. The average molecular weight is 208 g/mol. The molecule has 2 nitrogen and oxygen atoms in total. The molecule has 0 atom stereocenters. The van der Waals surface area contributed by atoms with Gasteiger partial charge < -0.3 is 0 Å². The predicted octanol–water partition coefficient (Wildman–Crippen LogP) is 2.52. The average Bonchev–Trinajstić information content (AvgIpc) is 2.18. The van der Waals surface area contributed by atoms with Crippen LogP contribution in [0.25, 0.3) is 4.91 Å². The summed E-state index contributed by atoms with van der Waals surface area (Å²) in [5.41, 5.74) is 1.69. The molecule has 14 heavy (non-hydrogen) atoms. The molecular formula is C11H12O2S. The largest absolute Gasteiger partial charge is 0.219 e. The van der Waals surface area contributed by atoms with E-state index in [-0.39, 0.29) is 4.91 Å². The van der Waals surface area contributed by atoms with Gasteiger partial charge in [0.2, 0.25) is 0 Å². The highest BCUT2D eigenvalue weighted by atomic mass is 32.2. The summed E-state index contributed by atoms with van der Waals surface area (Å²) in [6.45, 7) is 8.72. The lowest BCUT2D eigenvalue weighted by Gasteiger charge is -2.03. The minimum atomic E-state index is -3.39. The van der Waals surface area contributed by atoms with Gasteiger partial charge in [0.1, 0.15) is 0 Å². The van der Waals surface area contributed by atoms with Crippen molar-refractivity contribution in [2.75, 3.05) is 0 Å². The molecule has 0 saturated heterocycles. The number of benzene rings is 1. The first kappa shape index (κ1) is 10.7. The van der Waals surface area contributed by atoms with E-state index in [0.717, 1.165) is 11.0 Å². The van der Waals surface area contributed by atoms with E-state index in [1.54, 1.807) is 12.1 Å². The Morgan fingerprint density at radius 2 is 1.79 bits per heavy atom. The van der Waals surface area contributed by atoms with Crippen molar-refractivity contribution in [1.29, 1.82) is 0 Å². The SMILES string of the molecule is C=CS(=O)(=O)C(=C)c1ccc(C)cc1. The number of hydrogen-bond donors (Lipinski definition) is 0. The molecule has 0 N–H and O–H groups in total. The molecule has 0 unspecified atom stereocenters. The first-order valence-electron chi connectivity index (χ1n) is 4.11. The molecule has 1 aromatic carbocycles. The van der Waals surface area contributed by atoms with Gasteiger partial charge in [0.25, 0.3) is 0 Å². The summed E-state index contributed by atoms with van der Waals surface area (Å²) in [6.07, 6.45) is 0. The fraction of sp³-hybridized carbons (Fsp3) is 0.0909. The molecule has 0 aliphatic heterocycles. The summed E-state index contributed by atoms with van der Waals surface area (Å²) >= 11 is 0. The van der Waals surface area contributed by atoms with Crippen molar-refractivity contribution >= 4 is 14.7 Å². The fourth-order valence-corrected chi connectivity index (χ4v) is 1.67. The molecule has 0 bridgehead atoms. The molecule has 1 aromatic rings. The van der Waals surface area contributed by atoms with E-state index in [1.807, 2.05) is 19.1 Å². The lowest BCUT2D eigenvalue weighted by molar-refractivity contribution is 0.614. The Bertz CT molecular complexity index is 453. The number of aryl methyl sites for hydroxylation is 1. The zero-order valence-corrected chi connectivity index (χ0v) is 8.84. The number of hydrogen-bond acceptors (Lipinski definition) is 2. The Morgan fingerprint density at radius 1 is 1.29 bits per heavy atom. The van der Waals surface area contributed by atoms with Gasteiger partial charge in [-0.3, -0.25) is 0 Å². The molecule has 0 saturated carbocycles. The van der Waals surface area contributed by atoms with Crippen LogP contribution in [-0.2, 0) is 9.84 Å². The van der Waals surface area contributed by atoms with Crippen LogP contribution in [0.3, 0.4) is 0 Å². The summed E-state index contributed by atoms with van der Waals surface area (Å²) in [7, 11) is -3.39. The smallest absolute Gasteiger partial charge is 0.199 e. The topological polar surface area (TPSA) is 34.1 Å². The quantitative estimate of drug-likeness (QED) is 0.765. The summed E-state index contributed by atoms with van der Waals surface area (Å²) in [5.74, 6) is 0. The Labute approximate surface area is 84.5 Å². The maximum Gasteiger partial charge on any atom is 0.199 e. The molecule has 74 valence electrons. The zero-order chi connectivity index (χ0) is 10.8. The highest BCUT2D eigenvalue weighted by molar-refractivity contribution is 8.03. The Balaban J connectivity index is 3.14. The zero-order valence-electron chi connectivity index (χ0n) is 8.03. The third kappa shape index (κ3) is 2.12. The molecule has 0 aliphatic rings. The van der Waals surface area contributed by atoms with Crippen molar-refractivity contribution in [3.63, 3.8) is 0 Å². The third-order valence-corrected chi connectivity index (χ3v) is 3.30. The Morgan fingerprint density at radius 3 is 2.21 bits per heavy atom. The molecule has 0 fully saturated rings. The molecule has 1 rings (SSSR count). The van der Waals surface area contributed by atoms with E-state index in [4.69, 9.17) is 0 Å². The van der Waals surface area contributed by atoms with Crippen LogP contribution in [0.4, 0.5) is 0 Å². The maximum atomic E-state index is 11.4. The van der Waals surface area contributed by atoms with Gasteiger partial charge in [-0.2, -0.15) is 0 Å². The normalized spacial score (nSPS) is 10.9. The van der Waals surface area contributed by atoms with E-state index < -0.39 is 9.84 Å². The van der Waals surface area contributed by atoms with Crippen molar-refractivity contribution in [2.24, 2.45) is 0 Å². The minimum Gasteiger partial charge on any atom is -0.219 e. The van der Waals surface area contributed by atoms with Gasteiger partial charge in [-0.15, -0.1) is 0 Å². The molecule has 0 radical (unpaired) electrons. The van der Waals surface area contributed by atoms with Gasteiger partial charge in [0.15, 0.2) is 9.84 Å². The van der Waals surface area contributed by atoms with E-state index in [2.05, 4.69) is 13.2 Å². The molecular weight excluding hydrogens is 196 g/mol. The van der Waals surface area contributed by atoms with Crippen LogP contribution in [-0.4, -0.2) is 8.42 Å². The van der Waals surface area contributed by atoms with Gasteiger partial charge in [-0.1, -0.05) is 43.0 Å². The van der Waals surface area contributed by atoms with Gasteiger partial charge in [0.05, 0.1) is 4.91 Å². The molecule has 0 heterocycles. The fourth-order valence-electron chi connectivity index (χ4n) is 1.00. The van der Waals surface area contributed by atoms with Crippen LogP contribution in [0.1, 0.15) is 11.1 Å². The highest BCUT2D eigenvalue weighted by Crippen LogP contribution is 2.20. The van der Waals surface area contributed by atoms with Gasteiger partial charge in [-0.25, -0.2) is 8.42 Å². The predicted molar refractivity (Wildman–Crippen MR) is 59.3 cm³/mol. The minimum absolute atomic E-state index is 0.0903. The van der Waals surface area contributed by atoms with Crippen LogP contribution in [0.2, 0.25) is 0 Å². The Kier molecular flexibility index (Phi) is 2.91. The molecule has 0 aliphatic carbocycles. The van der Waals surface area contributed by atoms with Crippen molar-refractivity contribution < 1.29 is 8.42 Å². The van der Waals surface area contributed by atoms with Crippen LogP contribution in [0, 0.1) is 6.92 Å². The Hall–Kier alpha value is -1.35. The third-order valence-electron chi connectivity index (χ3n) is 1.94. The van der Waals surface area contributed by atoms with Crippen molar-refractivity contribution in [3.05, 3.63) is 54.0 Å². The molecule has 0 aromatic heterocycles. The molecule has 0 spiro atoms. The van der Waals surface area contributed by atoms with E-state index >= 15 is 0 Å². The van der Waals surface area contributed by atoms with Crippen molar-refractivity contribution in [1.82, 2.24) is 0 Å². The van der Waals surface area contributed by atoms with Gasteiger partial charge >= 0.3 is 0 Å². The lowest BCUT2D eigenvalue weighted by atomic mass is 10.1. The lowest BCUT2D eigenvalue weighted by Crippen LogP contribution is -1.97. The van der Waals surface area contributed by atoms with Gasteiger partial charge in [-0.05, 0) is 12.5 Å². The van der Waals surface area contributed by atoms with Crippen LogP contribution in [0.5, 0.6) is 0 Å². The first-order valence-corrected chi connectivity index (χ1v) is 5.65. The second-order valence-electron chi connectivity index (χ2n) is 3.00. The maximum absolute atomic E-state index is 11.4. The number of sulfone groups is 1. The first-order chi connectivity index (χ1) is 6.47.